The maximum Gasteiger partial charge on any atom is 0.323 e. The number of nitrogens with one attached hydrogen (secondary N) is 2. The molecular weight excluding hydrogens is 250 g/mol. The van der Waals surface area contributed by atoms with Crippen LogP contribution >= 0.6 is 0 Å². The van der Waals surface area contributed by atoms with E-state index in [2.05, 4.69) is 15.5 Å². The number of carboxylic acid groups (broad SMARTS) is 1. The highest BCUT2D eigenvalue weighted by molar-refractivity contribution is 5.79. The van der Waals surface area contributed by atoms with Crippen LogP contribution in [0.25, 0.3) is 0 Å². The van der Waals surface area contributed by atoms with E-state index in [1.54, 1.807) is 0 Å². The van der Waals surface area contributed by atoms with Crippen LogP contribution in [0.2, 0.25) is 0 Å². The molecule has 0 aromatic heterocycles. The Morgan fingerprint density at radius 1 is 1.32 bits per heavy atom. The number of carbonyl (C=O) groups is 2. The summed E-state index contributed by atoms with van der Waals surface area (Å²) in [5.74, 6) is -0.681. The van der Waals surface area contributed by atoms with Gasteiger partial charge in [-0.3, -0.25) is 4.79 Å². The second-order valence-electron chi connectivity index (χ2n) is 4.85. The number of hydrogen-bond donors (Lipinski definition) is 4. The summed E-state index contributed by atoms with van der Waals surface area (Å²) in [6.45, 7) is 3.24. The predicted molar refractivity (Wildman–Crippen MR) is 69.9 cm³/mol. The molecule has 1 atom stereocenters. The van der Waals surface area contributed by atoms with E-state index in [1.165, 1.54) is 0 Å². The number of aliphatic hydroxyl groups is 1. The Kier molecular flexibility index (Phi) is 7.20. The van der Waals surface area contributed by atoms with Gasteiger partial charge in [-0.15, -0.1) is 0 Å². The van der Waals surface area contributed by atoms with Crippen molar-refractivity contribution in [2.24, 2.45) is 5.92 Å². The first-order valence-electron chi connectivity index (χ1n) is 6.68. The Morgan fingerprint density at radius 3 is 2.79 bits per heavy atom. The van der Waals surface area contributed by atoms with E-state index >= 15 is 0 Å². The molecule has 1 fully saturated rings. The number of likely N-dealkylation sites (tertiary alicyclic amines) is 1. The Hall–Kier alpha value is -1.34. The molecular formula is C12H23N3O4. The zero-order valence-corrected chi connectivity index (χ0v) is 11.1. The third-order valence-electron chi connectivity index (χ3n) is 3.20. The summed E-state index contributed by atoms with van der Waals surface area (Å²) in [6.07, 6.45) is 3.01. The van der Waals surface area contributed by atoms with Gasteiger partial charge in [0.2, 0.25) is 0 Å². The number of amides is 2. The van der Waals surface area contributed by atoms with Crippen LogP contribution in [-0.4, -0.2) is 66.4 Å². The van der Waals surface area contributed by atoms with E-state index < -0.39 is 12.0 Å². The standard InChI is InChI=1S/C12H23N3O4/c16-9-10-3-1-5-15(8-10)6-2-4-13-12(19)14-7-11(17)18/h10,16H,1-9H2,(H,17,18)(H2,13,14,19). The van der Waals surface area contributed by atoms with Gasteiger partial charge in [0.15, 0.2) is 0 Å². The minimum absolute atomic E-state index is 0.242. The van der Waals surface area contributed by atoms with Crippen LogP contribution in [0.3, 0.4) is 0 Å². The molecule has 1 saturated heterocycles. The van der Waals surface area contributed by atoms with Gasteiger partial charge in [0.05, 0.1) is 0 Å². The van der Waals surface area contributed by atoms with E-state index in [9.17, 15) is 9.59 Å². The van der Waals surface area contributed by atoms with Crippen molar-refractivity contribution >= 4 is 12.0 Å². The molecule has 7 heteroatoms. The molecule has 2 amide bonds. The van der Waals surface area contributed by atoms with Gasteiger partial charge in [0.25, 0.3) is 0 Å². The van der Waals surface area contributed by atoms with Crippen molar-refractivity contribution in [2.75, 3.05) is 39.3 Å². The monoisotopic (exact) mass is 273 g/mol. The number of nitrogens with zero attached hydrogens (tertiary/aromatic N) is 1. The summed E-state index contributed by atoms with van der Waals surface area (Å²) < 4.78 is 0. The number of carboxylic acids is 1. The second kappa shape index (κ2) is 8.71. The first kappa shape index (κ1) is 15.7. The lowest BCUT2D eigenvalue weighted by atomic mass is 9.99. The third kappa shape index (κ3) is 6.97. The molecule has 1 aliphatic heterocycles. The van der Waals surface area contributed by atoms with Crippen LogP contribution in [-0.2, 0) is 4.79 Å². The van der Waals surface area contributed by atoms with Crippen molar-refractivity contribution in [1.29, 1.82) is 0 Å². The number of urea groups is 1. The zero-order valence-electron chi connectivity index (χ0n) is 11.1. The molecule has 1 rings (SSSR count). The molecule has 1 aliphatic rings. The van der Waals surface area contributed by atoms with Crippen LogP contribution in [0.1, 0.15) is 19.3 Å². The minimum Gasteiger partial charge on any atom is -0.480 e. The van der Waals surface area contributed by atoms with Gasteiger partial charge in [-0.25, -0.2) is 4.79 Å². The summed E-state index contributed by atoms with van der Waals surface area (Å²) in [4.78, 5) is 23.7. The van der Waals surface area contributed by atoms with E-state index in [4.69, 9.17) is 10.2 Å². The molecule has 1 unspecified atom stereocenters. The summed E-state index contributed by atoms with van der Waals surface area (Å²) >= 11 is 0. The van der Waals surface area contributed by atoms with Crippen LogP contribution in [0.4, 0.5) is 4.79 Å². The molecule has 0 aromatic rings. The molecule has 110 valence electrons. The largest absolute Gasteiger partial charge is 0.480 e. The van der Waals surface area contributed by atoms with Crippen molar-refractivity contribution < 1.29 is 19.8 Å². The van der Waals surface area contributed by atoms with Gasteiger partial charge >= 0.3 is 12.0 Å². The fraction of sp³-hybridized carbons (Fsp3) is 0.833. The molecule has 4 N–H and O–H groups in total. The predicted octanol–water partition coefficient (Wildman–Crippen LogP) is -0.535. The summed E-state index contributed by atoms with van der Waals surface area (Å²) in [5, 5.41) is 22.4. The van der Waals surface area contributed by atoms with Crippen LogP contribution in [0, 0.1) is 5.92 Å². The maximum atomic E-state index is 11.2. The number of piperidine rings is 1. The number of aliphatic carboxylic acids is 1. The van der Waals surface area contributed by atoms with Crippen molar-refractivity contribution in [3.63, 3.8) is 0 Å². The van der Waals surface area contributed by atoms with Crippen LogP contribution in [0.5, 0.6) is 0 Å². The number of carbonyl (C=O) groups excluding carboxylic acids is 1. The molecule has 0 aliphatic carbocycles. The fourth-order valence-electron chi connectivity index (χ4n) is 2.23. The van der Waals surface area contributed by atoms with Gasteiger partial charge in [-0.2, -0.15) is 0 Å². The molecule has 0 radical (unpaired) electrons. The number of rotatable bonds is 7. The third-order valence-corrected chi connectivity index (χ3v) is 3.20. The van der Waals surface area contributed by atoms with E-state index in [0.717, 1.165) is 38.9 Å². The van der Waals surface area contributed by atoms with Crippen LogP contribution < -0.4 is 10.6 Å². The number of hydrogen-bond acceptors (Lipinski definition) is 4. The lowest BCUT2D eigenvalue weighted by molar-refractivity contribution is -0.135. The lowest BCUT2D eigenvalue weighted by Crippen LogP contribution is -2.41. The Bertz CT molecular complexity index is 299. The van der Waals surface area contributed by atoms with E-state index in [0.29, 0.717) is 12.5 Å². The van der Waals surface area contributed by atoms with E-state index in [1.807, 2.05) is 0 Å². The highest BCUT2D eigenvalue weighted by atomic mass is 16.4. The normalized spacial score (nSPS) is 19.9. The second-order valence-corrected chi connectivity index (χ2v) is 4.85. The zero-order chi connectivity index (χ0) is 14.1. The summed E-state index contributed by atoms with van der Waals surface area (Å²) in [6, 6.07) is -0.450. The Morgan fingerprint density at radius 2 is 2.11 bits per heavy atom. The average molecular weight is 273 g/mol. The lowest BCUT2D eigenvalue weighted by Gasteiger charge is -2.31. The Balaban J connectivity index is 2.03. The topological polar surface area (TPSA) is 102 Å². The molecule has 0 saturated carbocycles. The quantitative estimate of drug-likeness (QED) is 0.467. The van der Waals surface area contributed by atoms with Crippen molar-refractivity contribution in [2.45, 2.75) is 19.3 Å². The maximum absolute atomic E-state index is 11.2. The molecule has 0 aromatic carbocycles. The van der Waals surface area contributed by atoms with E-state index in [-0.39, 0.29) is 13.2 Å². The van der Waals surface area contributed by atoms with Gasteiger partial charge in [0.1, 0.15) is 6.54 Å². The van der Waals surface area contributed by atoms with Crippen molar-refractivity contribution in [1.82, 2.24) is 15.5 Å². The summed E-state index contributed by atoms with van der Waals surface area (Å²) in [7, 11) is 0. The van der Waals surface area contributed by atoms with Gasteiger partial charge in [-0.05, 0) is 38.3 Å². The SMILES string of the molecule is O=C(O)CNC(=O)NCCCN1CCCC(CO)C1. The average Bonchev–Trinajstić information content (AvgIpc) is 2.41. The smallest absolute Gasteiger partial charge is 0.323 e. The molecule has 1 heterocycles. The molecule has 0 spiro atoms. The van der Waals surface area contributed by atoms with Crippen molar-refractivity contribution in [3.8, 4) is 0 Å². The molecule has 7 nitrogen and oxygen atoms in total. The molecule has 19 heavy (non-hydrogen) atoms. The van der Waals surface area contributed by atoms with Crippen molar-refractivity contribution in [3.05, 3.63) is 0 Å². The minimum atomic E-state index is -1.06. The molecule has 0 bridgehead atoms. The first-order valence-corrected chi connectivity index (χ1v) is 6.68. The fourth-order valence-corrected chi connectivity index (χ4v) is 2.23. The van der Waals surface area contributed by atoms with Gasteiger partial charge in [0, 0.05) is 19.7 Å². The highest BCUT2D eigenvalue weighted by Gasteiger charge is 2.18. The number of aliphatic hydroxyl groups excluding tert-OH is 1. The first-order chi connectivity index (χ1) is 9.11. The van der Waals surface area contributed by atoms with Crippen LogP contribution in [0.15, 0.2) is 0 Å². The highest BCUT2D eigenvalue weighted by Crippen LogP contribution is 2.15. The summed E-state index contributed by atoms with van der Waals surface area (Å²) in [5.41, 5.74) is 0. The Labute approximate surface area is 113 Å². The van der Waals surface area contributed by atoms with Gasteiger partial charge < -0.3 is 25.7 Å². The van der Waals surface area contributed by atoms with Gasteiger partial charge in [-0.1, -0.05) is 0 Å².